The van der Waals surface area contributed by atoms with Gasteiger partial charge in [0.05, 0.1) is 5.56 Å². The molecule has 3 nitrogen and oxygen atoms in total. The van der Waals surface area contributed by atoms with Crippen molar-refractivity contribution in [1.82, 2.24) is 0 Å². The molecule has 2 aromatic carbocycles. The summed E-state index contributed by atoms with van der Waals surface area (Å²) >= 11 is 2.88. The van der Waals surface area contributed by atoms with Crippen molar-refractivity contribution in [2.24, 2.45) is 0 Å². The average Bonchev–Trinajstić information content (AvgIpc) is 2.37. The lowest BCUT2D eigenvalue weighted by Gasteiger charge is -2.10. The second-order valence-corrected chi connectivity index (χ2v) is 4.97. The van der Waals surface area contributed by atoms with Gasteiger partial charge >= 0.3 is 0 Å². The van der Waals surface area contributed by atoms with Crippen LogP contribution >= 0.6 is 15.9 Å². The Morgan fingerprint density at radius 2 is 1.48 bits per heavy atom. The second kappa shape index (κ2) is 5.72. The lowest BCUT2D eigenvalue weighted by Crippen LogP contribution is -2.17. The van der Waals surface area contributed by atoms with Crippen LogP contribution in [0.2, 0.25) is 0 Å². The Kier molecular flexibility index (Phi) is 4.17. The molecule has 21 heavy (non-hydrogen) atoms. The van der Waals surface area contributed by atoms with Gasteiger partial charge in [-0.15, -0.1) is 0 Å². The summed E-state index contributed by atoms with van der Waals surface area (Å²) in [5.41, 5.74) is 3.88. The molecule has 0 saturated heterocycles. The van der Waals surface area contributed by atoms with E-state index in [1.807, 2.05) is 5.32 Å². The fourth-order valence-corrected chi connectivity index (χ4v) is 2.00. The normalized spacial score (nSPS) is 10.5. The first kappa shape index (κ1) is 15.3. The monoisotopic (exact) mass is 362 g/mol. The van der Waals surface area contributed by atoms with Gasteiger partial charge in [0.1, 0.15) is 5.69 Å². The molecule has 2 rings (SSSR count). The van der Waals surface area contributed by atoms with Crippen LogP contribution in [0.1, 0.15) is 10.4 Å². The first-order valence-electron chi connectivity index (χ1n) is 5.50. The highest BCUT2D eigenvalue weighted by atomic mass is 79.9. The highest BCUT2D eigenvalue weighted by molar-refractivity contribution is 9.10. The molecule has 0 fully saturated rings. The number of halogens is 5. The van der Waals surface area contributed by atoms with Gasteiger partial charge in [0, 0.05) is 16.2 Å². The van der Waals surface area contributed by atoms with Crippen molar-refractivity contribution in [3.63, 3.8) is 0 Å². The van der Waals surface area contributed by atoms with Gasteiger partial charge in [-0.05, 0) is 18.2 Å². The van der Waals surface area contributed by atoms with Gasteiger partial charge in [-0.25, -0.2) is 17.6 Å². The number of nitrogen functional groups attached to an aromatic ring is 1. The summed E-state index contributed by atoms with van der Waals surface area (Å²) in [5.74, 6) is -5.66. The molecule has 0 radical (unpaired) electrons. The van der Waals surface area contributed by atoms with E-state index in [2.05, 4.69) is 15.9 Å². The Morgan fingerprint density at radius 1 is 0.952 bits per heavy atom. The first-order chi connectivity index (χ1) is 9.79. The van der Waals surface area contributed by atoms with Gasteiger partial charge in [-0.2, -0.15) is 0 Å². The van der Waals surface area contributed by atoms with Gasteiger partial charge in [-0.1, -0.05) is 15.9 Å². The Labute approximate surface area is 124 Å². The minimum Gasteiger partial charge on any atom is -0.398 e. The smallest absolute Gasteiger partial charge is 0.258 e. The molecule has 0 saturated carbocycles. The number of anilines is 2. The zero-order valence-electron chi connectivity index (χ0n) is 10.2. The van der Waals surface area contributed by atoms with Crippen LogP contribution in [0.3, 0.4) is 0 Å². The summed E-state index contributed by atoms with van der Waals surface area (Å²) in [6.45, 7) is 0. The van der Waals surface area contributed by atoms with Crippen molar-refractivity contribution in [1.29, 1.82) is 0 Å². The molecular formula is C13H7BrF4N2O. The fourth-order valence-electron chi connectivity index (χ4n) is 1.60. The van der Waals surface area contributed by atoms with Gasteiger partial charge in [0.25, 0.3) is 5.91 Å². The largest absolute Gasteiger partial charge is 0.398 e. The van der Waals surface area contributed by atoms with Gasteiger partial charge in [-0.3, -0.25) is 4.79 Å². The number of amides is 1. The topological polar surface area (TPSA) is 55.1 Å². The van der Waals surface area contributed by atoms with E-state index in [9.17, 15) is 22.4 Å². The lowest BCUT2D eigenvalue weighted by atomic mass is 10.1. The third-order valence-corrected chi connectivity index (χ3v) is 3.04. The standard InChI is InChI=1S/C13H7BrF4N2O/c14-5-1-9(17)12(10(18)2-5)20-13(21)6-3-7(15)8(16)4-11(6)19/h1-4H,19H2,(H,20,21). The van der Waals surface area contributed by atoms with Crippen molar-refractivity contribution < 1.29 is 22.4 Å². The molecule has 0 atom stereocenters. The lowest BCUT2D eigenvalue weighted by molar-refractivity contribution is 0.102. The van der Waals surface area contributed by atoms with E-state index >= 15 is 0 Å². The van der Waals surface area contributed by atoms with E-state index in [0.29, 0.717) is 12.1 Å². The van der Waals surface area contributed by atoms with E-state index in [-0.39, 0.29) is 10.2 Å². The number of hydrogen-bond donors (Lipinski definition) is 2. The molecule has 0 aliphatic rings. The maximum atomic E-state index is 13.6. The van der Waals surface area contributed by atoms with Crippen LogP contribution in [0.25, 0.3) is 0 Å². The van der Waals surface area contributed by atoms with E-state index in [1.165, 1.54) is 0 Å². The number of carbonyl (C=O) groups is 1. The van der Waals surface area contributed by atoms with Crippen LogP contribution in [0, 0.1) is 23.3 Å². The van der Waals surface area contributed by atoms with Crippen molar-refractivity contribution in [3.05, 3.63) is 57.6 Å². The summed E-state index contributed by atoms with van der Waals surface area (Å²) in [6.07, 6.45) is 0. The number of benzene rings is 2. The highest BCUT2D eigenvalue weighted by Gasteiger charge is 2.18. The van der Waals surface area contributed by atoms with Crippen LogP contribution < -0.4 is 11.1 Å². The maximum Gasteiger partial charge on any atom is 0.258 e. The fraction of sp³-hybridized carbons (Fsp3) is 0. The third kappa shape index (κ3) is 3.15. The SMILES string of the molecule is Nc1cc(F)c(F)cc1C(=O)Nc1c(F)cc(Br)cc1F. The molecule has 3 N–H and O–H groups in total. The minimum absolute atomic E-state index is 0.142. The van der Waals surface area contributed by atoms with Crippen LogP contribution in [0.4, 0.5) is 28.9 Å². The predicted molar refractivity (Wildman–Crippen MR) is 72.8 cm³/mol. The molecule has 0 spiro atoms. The number of rotatable bonds is 2. The van der Waals surface area contributed by atoms with Crippen molar-refractivity contribution in [2.75, 3.05) is 11.1 Å². The number of nitrogens with one attached hydrogen (secondary N) is 1. The van der Waals surface area contributed by atoms with Gasteiger partial charge in [0.15, 0.2) is 23.3 Å². The molecule has 0 aromatic heterocycles. The average molecular weight is 363 g/mol. The number of hydrogen-bond acceptors (Lipinski definition) is 2. The van der Waals surface area contributed by atoms with Crippen molar-refractivity contribution >= 4 is 33.2 Å². The van der Waals surface area contributed by atoms with Crippen molar-refractivity contribution in [3.8, 4) is 0 Å². The molecule has 0 unspecified atom stereocenters. The molecule has 110 valence electrons. The summed E-state index contributed by atoms with van der Waals surface area (Å²) < 4.78 is 53.3. The Balaban J connectivity index is 2.37. The van der Waals surface area contributed by atoms with Crippen molar-refractivity contribution in [2.45, 2.75) is 0 Å². The van der Waals surface area contributed by atoms with Crippen LogP contribution in [-0.2, 0) is 0 Å². The zero-order chi connectivity index (χ0) is 15.7. The Morgan fingerprint density at radius 3 is 2.05 bits per heavy atom. The van der Waals surface area contributed by atoms with Crippen LogP contribution in [0.15, 0.2) is 28.7 Å². The second-order valence-electron chi connectivity index (χ2n) is 4.05. The molecule has 0 heterocycles. The Hall–Kier alpha value is -2.09. The summed E-state index contributed by atoms with van der Waals surface area (Å²) in [6, 6.07) is 3.04. The molecule has 8 heteroatoms. The predicted octanol–water partition coefficient (Wildman–Crippen LogP) is 3.84. The molecule has 0 aliphatic heterocycles. The number of nitrogens with two attached hydrogens (primary N) is 1. The van der Waals surface area contributed by atoms with Gasteiger partial charge < -0.3 is 11.1 Å². The highest BCUT2D eigenvalue weighted by Crippen LogP contribution is 2.25. The Bertz CT molecular complexity index is 713. The van der Waals surface area contributed by atoms with E-state index in [4.69, 9.17) is 5.73 Å². The van der Waals surface area contributed by atoms with E-state index in [0.717, 1.165) is 12.1 Å². The number of carbonyl (C=O) groups excluding carboxylic acids is 1. The summed E-state index contributed by atoms with van der Waals surface area (Å²) in [4.78, 5) is 11.9. The molecule has 2 aromatic rings. The third-order valence-electron chi connectivity index (χ3n) is 2.58. The van der Waals surface area contributed by atoms with Gasteiger partial charge in [0.2, 0.25) is 0 Å². The van der Waals surface area contributed by atoms with Crippen LogP contribution in [-0.4, -0.2) is 5.91 Å². The molecule has 0 aliphatic carbocycles. The first-order valence-corrected chi connectivity index (χ1v) is 6.29. The molecular weight excluding hydrogens is 356 g/mol. The summed E-state index contributed by atoms with van der Waals surface area (Å²) in [5, 5.41) is 1.93. The quantitative estimate of drug-likeness (QED) is 0.629. The maximum absolute atomic E-state index is 13.6. The summed E-state index contributed by atoms with van der Waals surface area (Å²) in [7, 11) is 0. The van der Waals surface area contributed by atoms with E-state index in [1.54, 1.807) is 0 Å². The van der Waals surface area contributed by atoms with E-state index < -0.39 is 40.4 Å². The van der Waals surface area contributed by atoms with Crippen LogP contribution in [0.5, 0.6) is 0 Å². The minimum atomic E-state index is -1.30. The zero-order valence-corrected chi connectivity index (χ0v) is 11.8. The molecule has 1 amide bonds. The molecule has 0 bridgehead atoms.